The van der Waals surface area contributed by atoms with Crippen LogP contribution in [0.25, 0.3) is 16.7 Å². The van der Waals surface area contributed by atoms with Crippen molar-refractivity contribution < 1.29 is 9.18 Å². The number of hydrogen-bond acceptors (Lipinski definition) is 3. The molecule has 0 radical (unpaired) electrons. The Balaban J connectivity index is 1.67. The zero-order chi connectivity index (χ0) is 18.3. The number of nitrogens with one attached hydrogen (secondary N) is 1. The summed E-state index contributed by atoms with van der Waals surface area (Å²) >= 11 is 5.99. The summed E-state index contributed by atoms with van der Waals surface area (Å²) in [6, 6.07) is 11.1. The highest BCUT2D eigenvalue weighted by atomic mass is 35.5. The van der Waals surface area contributed by atoms with Gasteiger partial charge in [-0.15, -0.1) is 0 Å². The molecular formula is C18H13ClFN5O. The lowest BCUT2D eigenvalue weighted by molar-refractivity contribution is 0.101. The number of carbonyl (C=O) groups is 1. The number of rotatable bonds is 3. The van der Waals surface area contributed by atoms with Crippen LogP contribution in [0.1, 0.15) is 10.5 Å². The van der Waals surface area contributed by atoms with Crippen molar-refractivity contribution in [2.24, 2.45) is 7.05 Å². The van der Waals surface area contributed by atoms with Crippen LogP contribution in [0.5, 0.6) is 0 Å². The molecule has 0 saturated heterocycles. The molecule has 2 aromatic carbocycles. The van der Waals surface area contributed by atoms with Crippen LogP contribution >= 0.6 is 11.6 Å². The maximum atomic E-state index is 13.1. The third kappa shape index (κ3) is 2.82. The van der Waals surface area contributed by atoms with Gasteiger partial charge in [0.25, 0.3) is 5.91 Å². The molecule has 0 aliphatic heterocycles. The second-order valence-electron chi connectivity index (χ2n) is 5.71. The lowest BCUT2D eigenvalue weighted by Crippen LogP contribution is -2.18. The molecule has 6 nitrogen and oxygen atoms in total. The topological polar surface area (TPSA) is 64.7 Å². The molecule has 0 fully saturated rings. The quantitative estimate of drug-likeness (QED) is 0.597. The zero-order valence-corrected chi connectivity index (χ0v) is 14.4. The van der Waals surface area contributed by atoms with Gasteiger partial charge in [0.1, 0.15) is 11.5 Å². The molecule has 1 N–H and O–H groups in total. The van der Waals surface area contributed by atoms with E-state index in [1.54, 1.807) is 40.4 Å². The Morgan fingerprint density at radius 3 is 2.73 bits per heavy atom. The molecule has 4 aromatic rings. The van der Waals surface area contributed by atoms with E-state index in [9.17, 15) is 9.18 Å². The summed E-state index contributed by atoms with van der Waals surface area (Å²) in [6.07, 6.45) is 2.94. The number of fused-ring (bicyclic) bond motifs is 1. The van der Waals surface area contributed by atoms with Crippen LogP contribution in [0.15, 0.2) is 55.0 Å². The molecule has 0 bridgehead atoms. The van der Waals surface area contributed by atoms with Crippen molar-refractivity contribution in [3.05, 3.63) is 71.5 Å². The molecule has 0 spiro atoms. The summed E-state index contributed by atoms with van der Waals surface area (Å²) in [7, 11) is 1.80. The van der Waals surface area contributed by atoms with Gasteiger partial charge >= 0.3 is 0 Å². The van der Waals surface area contributed by atoms with Crippen molar-refractivity contribution in [3.8, 4) is 5.69 Å². The predicted octanol–water partition coefficient (Wildman–Crippen LogP) is 3.80. The third-order valence-electron chi connectivity index (χ3n) is 4.04. The summed E-state index contributed by atoms with van der Waals surface area (Å²) in [5.41, 5.74) is 2.46. The summed E-state index contributed by atoms with van der Waals surface area (Å²) in [5.74, 6) is -0.339. The van der Waals surface area contributed by atoms with Gasteiger partial charge < -0.3 is 4.57 Å². The Morgan fingerprint density at radius 2 is 1.96 bits per heavy atom. The Labute approximate surface area is 152 Å². The van der Waals surface area contributed by atoms with E-state index in [4.69, 9.17) is 11.6 Å². The Kier molecular flexibility index (Phi) is 3.93. The molecule has 26 heavy (non-hydrogen) atoms. The number of aromatic nitrogens is 4. The fraction of sp³-hybridized carbons (Fsp3) is 0.0556. The Morgan fingerprint density at radius 1 is 1.19 bits per heavy atom. The van der Waals surface area contributed by atoms with Crippen LogP contribution in [-0.4, -0.2) is 25.0 Å². The Bertz CT molecular complexity index is 1120. The van der Waals surface area contributed by atoms with Gasteiger partial charge in [-0.05, 0) is 42.5 Å². The largest absolute Gasteiger partial charge is 0.313 e. The fourth-order valence-electron chi connectivity index (χ4n) is 2.72. The molecule has 8 heteroatoms. The van der Waals surface area contributed by atoms with E-state index in [1.165, 1.54) is 24.7 Å². The third-order valence-corrected chi connectivity index (χ3v) is 4.28. The minimum atomic E-state index is -0.378. The van der Waals surface area contributed by atoms with Crippen molar-refractivity contribution in [3.63, 3.8) is 0 Å². The molecular weight excluding hydrogens is 357 g/mol. The van der Waals surface area contributed by atoms with E-state index in [0.29, 0.717) is 27.9 Å². The van der Waals surface area contributed by atoms with Gasteiger partial charge in [0.15, 0.2) is 0 Å². The maximum Gasteiger partial charge on any atom is 0.276 e. The number of imidazole rings is 2. The molecule has 0 unspecified atom stereocenters. The minimum Gasteiger partial charge on any atom is -0.313 e. The van der Waals surface area contributed by atoms with Crippen molar-refractivity contribution >= 4 is 34.5 Å². The zero-order valence-electron chi connectivity index (χ0n) is 13.6. The number of carbonyl (C=O) groups excluding carboxylic acids is 1. The molecule has 130 valence electrons. The van der Waals surface area contributed by atoms with Crippen LogP contribution in [0.4, 0.5) is 10.3 Å². The molecule has 2 aromatic heterocycles. The second kappa shape index (κ2) is 6.27. The second-order valence-corrected chi connectivity index (χ2v) is 6.14. The first kappa shape index (κ1) is 16.3. The van der Waals surface area contributed by atoms with Crippen molar-refractivity contribution in [1.82, 2.24) is 19.1 Å². The van der Waals surface area contributed by atoms with Crippen molar-refractivity contribution in [2.45, 2.75) is 0 Å². The van der Waals surface area contributed by atoms with Gasteiger partial charge in [-0.1, -0.05) is 11.6 Å². The van der Waals surface area contributed by atoms with Gasteiger partial charge in [-0.3, -0.25) is 14.7 Å². The monoisotopic (exact) mass is 369 g/mol. The lowest BCUT2D eigenvalue weighted by Gasteiger charge is -2.09. The number of halogens is 2. The summed E-state index contributed by atoms with van der Waals surface area (Å²) in [6.45, 7) is 0. The van der Waals surface area contributed by atoms with Crippen LogP contribution in [0.3, 0.4) is 0 Å². The van der Waals surface area contributed by atoms with E-state index in [1.807, 2.05) is 6.07 Å². The van der Waals surface area contributed by atoms with Crippen LogP contribution in [0.2, 0.25) is 5.02 Å². The summed E-state index contributed by atoms with van der Waals surface area (Å²) in [5, 5.41) is 3.35. The first-order valence-corrected chi connectivity index (χ1v) is 8.12. The first-order valence-electron chi connectivity index (χ1n) is 7.74. The number of anilines is 1. The molecule has 0 atom stereocenters. The van der Waals surface area contributed by atoms with E-state index in [-0.39, 0.29) is 11.7 Å². The highest BCUT2D eigenvalue weighted by molar-refractivity contribution is 6.31. The molecule has 0 saturated carbocycles. The first-order chi connectivity index (χ1) is 12.5. The number of aryl methyl sites for hydroxylation is 1. The van der Waals surface area contributed by atoms with E-state index < -0.39 is 0 Å². The molecule has 0 aliphatic rings. The predicted molar refractivity (Wildman–Crippen MR) is 97.2 cm³/mol. The average Bonchev–Trinajstić information content (AvgIpc) is 3.21. The number of benzene rings is 2. The maximum absolute atomic E-state index is 13.1. The molecule has 4 rings (SSSR count). The smallest absolute Gasteiger partial charge is 0.276 e. The highest BCUT2D eigenvalue weighted by Crippen LogP contribution is 2.22. The summed E-state index contributed by atoms with van der Waals surface area (Å²) in [4.78, 5) is 21.1. The van der Waals surface area contributed by atoms with Crippen molar-refractivity contribution in [1.29, 1.82) is 0 Å². The molecule has 2 heterocycles. The normalized spacial score (nSPS) is 11.0. The van der Waals surface area contributed by atoms with Gasteiger partial charge in [0.2, 0.25) is 5.95 Å². The number of amides is 1. The number of nitrogens with zero attached hydrogens (tertiary/aromatic N) is 4. The average molecular weight is 370 g/mol. The van der Waals surface area contributed by atoms with Crippen molar-refractivity contribution in [2.75, 3.05) is 5.32 Å². The van der Waals surface area contributed by atoms with E-state index in [0.717, 1.165) is 5.52 Å². The highest BCUT2D eigenvalue weighted by Gasteiger charge is 2.17. The number of hydrogen-bond donors (Lipinski definition) is 1. The van der Waals surface area contributed by atoms with Crippen LogP contribution < -0.4 is 5.32 Å². The Hall–Kier alpha value is -3.19. The van der Waals surface area contributed by atoms with E-state index in [2.05, 4.69) is 15.3 Å². The van der Waals surface area contributed by atoms with Gasteiger partial charge in [0.05, 0.1) is 23.6 Å². The van der Waals surface area contributed by atoms with Gasteiger partial charge in [-0.25, -0.2) is 14.4 Å². The van der Waals surface area contributed by atoms with E-state index >= 15 is 0 Å². The summed E-state index contributed by atoms with van der Waals surface area (Å²) < 4.78 is 16.5. The standard InChI is InChI=1S/C18H13ClFN5O/c1-24-15-7-2-11(19)8-14(15)22-18(24)23-17(26)16-9-21-10-25(16)13-5-3-12(20)4-6-13/h2-10H,1H3,(H,22,23,26). The van der Waals surface area contributed by atoms with Crippen LogP contribution in [-0.2, 0) is 7.05 Å². The molecule has 0 aliphatic carbocycles. The van der Waals surface area contributed by atoms with Gasteiger partial charge in [0, 0.05) is 17.8 Å². The molecule has 1 amide bonds. The SMILES string of the molecule is Cn1c(NC(=O)c2cncn2-c2ccc(F)cc2)nc2cc(Cl)ccc21. The fourth-order valence-corrected chi connectivity index (χ4v) is 2.89. The van der Waals surface area contributed by atoms with Crippen LogP contribution in [0, 0.1) is 5.82 Å². The lowest BCUT2D eigenvalue weighted by atomic mass is 10.3. The van der Waals surface area contributed by atoms with Gasteiger partial charge in [-0.2, -0.15) is 0 Å². The minimum absolute atomic E-state index is 0.307.